The summed E-state index contributed by atoms with van der Waals surface area (Å²) in [7, 11) is 6.56. The molecule has 0 aromatic rings. The summed E-state index contributed by atoms with van der Waals surface area (Å²) < 4.78 is 0. The van der Waals surface area contributed by atoms with E-state index in [2.05, 4.69) is 64.0 Å². The van der Waals surface area contributed by atoms with Crippen LogP contribution in [0.2, 0.25) is 0 Å². The number of hydrogen-bond acceptors (Lipinski definition) is 3. The van der Waals surface area contributed by atoms with E-state index in [4.69, 9.17) is 0 Å². The number of rotatable bonds is 11. The fourth-order valence-electron chi connectivity index (χ4n) is 2.51. The van der Waals surface area contributed by atoms with E-state index in [1.807, 2.05) is 0 Å². The van der Waals surface area contributed by atoms with E-state index in [-0.39, 0.29) is 0 Å². The smallest absolute Gasteiger partial charge is 0.00469 e. The lowest BCUT2D eigenvalue weighted by Crippen LogP contribution is -2.44. The maximum absolute atomic E-state index is 3.63. The second-order valence-corrected chi connectivity index (χ2v) is 6.64. The highest BCUT2D eigenvalue weighted by molar-refractivity contribution is 4.83. The van der Waals surface area contributed by atoms with Gasteiger partial charge in [0.05, 0.1) is 0 Å². The zero-order valence-electron chi connectivity index (χ0n) is 14.4. The molecule has 3 nitrogen and oxygen atoms in total. The van der Waals surface area contributed by atoms with Crippen molar-refractivity contribution in [2.24, 2.45) is 5.41 Å². The fourth-order valence-corrected chi connectivity index (χ4v) is 2.51. The van der Waals surface area contributed by atoms with E-state index >= 15 is 0 Å². The van der Waals surface area contributed by atoms with Crippen molar-refractivity contribution in [1.29, 1.82) is 0 Å². The van der Waals surface area contributed by atoms with Crippen molar-refractivity contribution >= 4 is 0 Å². The van der Waals surface area contributed by atoms with Crippen LogP contribution in [-0.4, -0.2) is 63.2 Å². The molecule has 0 unspecified atom stereocenters. The lowest BCUT2D eigenvalue weighted by molar-refractivity contribution is 0.149. The van der Waals surface area contributed by atoms with Crippen LogP contribution in [-0.2, 0) is 0 Å². The van der Waals surface area contributed by atoms with E-state index in [0.29, 0.717) is 11.5 Å². The lowest BCUT2D eigenvalue weighted by atomic mass is 9.81. The standard InChI is InChI=1S/C16H37N3/c1-8-16(9-2,13-17-15(3)4)14-19(7)12-10-11-18(5)6/h15,17H,8-14H2,1-7H3. The Labute approximate surface area is 121 Å². The molecule has 0 aliphatic rings. The molecule has 0 aromatic carbocycles. The van der Waals surface area contributed by atoms with Crippen molar-refractivity contribution in [1.82, 2.24) is 15.1 Å². The SMILES string of the molecule is CCC(CC)(CNC(C)C)CN(C)CCCN(C)C. The van der Waals surface area contributed by atoms with Gasteiger partial charge >= 0.3 is 0 Å². The van der Waals surface area contributed by atoms with Crippen LogP contribution in [0.5, 0.6) is 0 Å². The Morgan fingerprint density at radius 3 is 2.00 bits per heavy atom. The van der Waals surface area contributed by atoms with E-state index in [1.165, 1.54) is 38.9 Å². The Kier molecular flexibility index (Phi) is 9.67. The van der Waals surface area contributed by atoms with Crippen LogP contribution < -0.4 is 5.32 Å². The molecule has 0 fully saturated rings. The Hall–Kier alpha value is -0.120. The molecule has 0 aliphatic carbocycles. The molecule has 0 aromatic heterocycles. The normalized spacial score (nSPS) is 12.9. The van der Waals surface area contributed by atoms with Crippen LogP contribution in [0.1, 0.15) is 47.0 Å². The first-order chi connectivity index (χ1) is 8.85. The summed E-state index contributed by atoms with van der Waals surface area (Å²) in [5.41, 5.74) is 0.428. The van der Waals surface area contributed by atoms with Crippen molar-refractivity contribution in [3.8, 4) is 0 Å². The highest BCUT2D eigenvalue weighted by Crippen LogP contribution is 2.26. The highest BCUT2D eigenvalue weighted by atomic mass is 15.1. The summed E-state index contributed by atoms with van der Waals surface area (Å²) in [6.45, 7) is 13.8. The van der Waals surface area contributed by atoms with E-state index in [0.717, 1.165) is 6.54 Å². The Morgan fingerprint density at radius 1 is 1.00 bits per heavy atom. The number of hydrogen-bond donors (Lipinski definition) is 1. The number of nitrogens with zero attached hydrogens (tertiary/aromatic N) is 2. The van der Waals surface area contributed by atoms with Crippen molar-refractivity contribution in [3.63, 3.8) is 0 Å². The Morgan fingerprint density at radius 2 is 1.58 bits per heavy atom. The quantitative estimate of drug-likeness (QED) is 0.623. The molecule has 0 saturated carbocycles. The van der Waals surface area contributed by atoms with Crippen LogP contribution >= 0.6 is 0 Å². The molecule has 0 atom stereocenters. The van der Waals surface area contributed by atoms with Gasteiger partial charge in [0, 0.05) is 19.1 Å². The average molecular weight is 271 g/mol. The van der Waals surface area contributed by atoms with Gasteiger partial charge in [-0.1, -0.05) is 27.7 Å². The molecule has 3 heteroatoms. The van der Waals surface area contributed by atoms with Crippen LogP contribution in [0, 0.1) is 5.41 Å². The molecule has 0 rings (SSSR count). The molecular weight excluding hydrogens is 234 g/mol. The monoisotopic (exact) mass is 271 g/mol. The first-order valence-electron chi connectivity index (χ1n) is 7.92. The van der Waals surface area contributed by atoms with E-state index in [1.54, 1.807) is 0 Å². The Bertz CT molecular complexity index is 210. The van der Waals surface area contributed by atoms with Crippen LogP contribution in [0.3, 0.4) is 0 Å². The van der Waals surface area contributed by atoms with Gasteiger partial charge in [-0.3, -0.25) is 0 Å². The molecule has 0 bridgehead atoms. The van der Waals surface area contributed by atoms with Crippen LogP contribution in [0.25, 0.3) is 0 Å². The predicted molar refractivity (Wildman–Crippen MR) is 86.8 cm³/mol. The molecule has 1 N–H and O–H groups in total. The van der Waals surface area contributed by atoms with Crippen LogP contribution in [0.4, 0.5) is 0 Å². The topological polar surface area (TPSA) is 18.5 Å². The minimum absolute atomic E-state index is 0.428. The van der Waals surface area contributed by atoms with E-state index < -0.39 is 0 Å². The minimum atomic E-state index is 0.428. The summed E-state index contributed by atoms with van der Waals surface area (Å²) in [6, 6.07) is 0.580. The van der Waals surface area contributed by atoms with Crippen molar-refractivity contribution in [2.75, 3.05) is 47.3 Å². The summed E-state index contributed by atoms with van der Waals surface area (Å²) in [5.74, 6) is 0. The molecule has 0 amide bonds. The first kappa shape index (κ1) is 18.9. The zero-order valence-corrected chi connectivity index (χ0v) is 14.4. The van der Waals surface area contributed by atoms with Gasteiger partial charge in [-0.2, -0.15) is 0 Å². The second-order valence-electron chi connectivity index (χ2n) is 6.64. The Balaban J connectivity index is 4.23. The highest BCUT2D eigenvalue weighted by Gasteiger charge is 2.27. The zero-order chi connectivity index (χ0) is 14.9. The minimum Gasteiger partial charge on any atom is -0.314 e. The maximum atomic E-state index is 3.63. The lowest BCUT2D eigenvalue weighted by Gasteiger charge is -2.37. The summed E-state index contributed by atoms with van der Waals surface area (Å²) in [5, 5.41) is 3.63. The maximum Gasteiger partial charge on any atom is 0.00469 e. The van der Waals surface area contributed by atoms with Gasteiger partial charge < -0.3 is 15.1 Å². The second kappa shape index (κ2) is 9.73. The van der Waals surface area contributed by atoms with Gasteiger partial charge in [0.15, 0.2) is 0 Å². The third-order valence-corrected chi connectivity index (χ3v) is 4.14. The predicted octanol–water partition coefficient (Wildman–Crippen LogP) is 2.67. The summed E-state index contributed by atoms with van der Waals surface area (Å²) >= 11 is 0. The third-order valence-electron chi connectivity index (χ3n) is 4.14. The van der Waals surface area contributed by atoms with Crippen LogP contribution in [0.15, 0.2) is 0 Å². The van der Waals surface area contributed by atoms with E-state index in [9.17, 15) is 0 Å². The molecule has 0 radical (unpaired) electrons. The molecule has 0 aliphatic heterocycles. The molecule has 0 saturated heterocycles. The van der Waals surface area contributed by atoms with Crippen molar-refractivity contribution in [3.05, 3.63) is 0 Å². The van der Waals surface area contributed by atoms with Gasteiger partial charge in [0.25, 0.3) is 0 Å². The molecular formula is C16H37N3. The molecule has 0 heterocycles. The molecule has 116 valence electrons. The van der Waals surface area contributed by atoms with Gasteiger partial charge in [-0.05, 0) is 58.9 Å². The number of nitrogens with one attached hydrogen (secondary N) is 1. The third kappa shape index (κ3) is 8.61. The summed E-state index contributed by atoms with van der Waals surface area (Å²) in [6.07, 6.45) is 3.76. The largest absolute Gasteiger partial charge is 0.314 e. The fraction of sp³-hybridized carbons (Fsp3) is 1.00. The summed E-state index contributed by atoms with van der Waals surface area (Å²) in [4.78, 5) is 4.78. The van der Waals surface area contributed by atoms with Gasteiger partial charge in [-0.25, -0.2) is 0 Å². The van der Waals surface area contributed by atoms with Gasteiger partial charge in [-0.15, -0.1) is 0 Å². The van der Waals surface area contributed by atoms with Crippen molar-refractivity contribution in [2.45, 2.75) is 53.0 Å². The first-order valence-corrected chi connectivity index (χ1v) is 7.92. The molecule has 0 spiro atoms. The van der Waals surface area contributed by atoms with Crippen molar-refractivity contribution < 1.29 is 0 Å². The average Bonchev–Trinajstić information content (AvgIpc) is 2.34. The molecule has 19 heavy (non-hydrogen) atoms. The van der Waals surface area contributed by atoms with Gasteiger partial charge in [0.1, 0.15) is 0 Å². The van der Waals surface area contributed by atoms with Gasteiger partial charge in [0.2, 0.25) is 0 Å².